The van der Waals surface area contributed by atoms with Crippen LogP contribution in [0.15, 0.2) is 23.8 Å². The molecule has 86 valence electrons. The maximum atomic E-state index is 12.0. The summed E-state index contributed by atoms with van der Waals surface area (Å²) in [5, 5.41) is 0. The smallest absolute Gasteiger partial charge is 0.316 e. The van der Waals surface area contributed by atoms with E-state index < -0.39 is 5.41 Å². The molecular weight excluding hydrogens is 204 g/mol. The highest BCUT2D eigenvalue weighted by atomic mass is 16.5. The molecule has 0 aromatic heterocycles. The summed E-state index contributed by atoms with van der Waals surface area (Å²) in [5.74, 6) is -0.0609. The highest BCUT2D eigenvalue weighted by Crippen LogP contribution is 2.44. The molecule has 0 aromatic carbocycles. The normalized spacial score (nSPS) is 29.1. The number of ketones is 1. The van der Waals surface area contributed by atoms with Crippen LogP contribution in [-0.4, -0.2) is 18.9 Å². The zero-order valence-electron chi connectivity index (χ0n) is 9.49. The van der Waals surface area contributed by atoms with Crippen molar-refractivity contribution in [1.29, 1.82) is 0 Å². The number of rotatable bonds is 1. The molecule has 0 saturated carbocycles. The molecular formula is C13H16O3. The van der Waals surface area contributed by atoms with E-state index in [9.17, 15) is 9.59 Å². The minimum Gasteiger partial charge on any atom is -0.468 e. The molecule has 0 spiro atoms. The predicted octanol–water partition coefficient (Wildman–Crippen LogP) is 2.18. The number of methoxy groups -OCH3 is 1. The SMILES string of the molecule is COC(=O)[C@]12CC=CCCC1=CC(=O)CC2. The molecule has 0 aromatic rings. The second kappa shape index (κ2) is 4.24. The first kappa shape index (κ1) is 11.1. The molecule has 2 aliphatic rings. The third-order valence-corrected chi connectivity index (χ3v) is 3.54. The van der Waals surface area contributed by atoms with Crippen molar-refractivity contribution in [3.05, 3.63) is 23.8 Å². The molecule has 0 fully saturated rings. The lowest BCUT2D eigenvalue weighted by molar-refractivity contribution is -0.151. The average Bonchev–Trinajstić information content (AvgIpc) is 2.50. The van der Waals surface area contributed by atoms with Gasteiger partial charge in [-0.3, -0.25) is 9.59 Å². The quantitative estimate of drug-likeness (QED) is 0.502. The summed E-state index contributed by atoms with van der Waals surface area (Å²) in [7, 11) is 1.42. The molecule has 2 rings (SSSR count). The Bertz CT molecular complexity index is 379. The van der Waals surface area contributed by atoms with Crippen LogP contribution in [0.5, 0.6) is 0 Å². The fourth-order valence-corrected chi connectivity index (χ4v) is 2.60. The van der Waals surface area contributed by atoms with E-state index in [1.54, 1.807) is 6.08 Å². The zero-order chi connectivity index (χ0) is 11.6. The van der Waals surface area contributed by atoms with E-state index in [1.807, 2.05) is 6.08 Å². The van der Waals surface area contributed by atoms with E-state index in [4.69, 9.17) is 4.74 Å². The molecule has 0 unspecified atom stereocenters. The van der Waals surface area contributed by atoms with Gasteiger partial charge in [0.25, 0.3) is 0 Å². The van der Waals surface area contributed by atoms with Gasteiger partial charge in [-0.05, 0) is 37.3 Å². The Labute approximate surface area is 95.2 Å². The highest BCUT2D eigenvalue weighted by molar-refractivity contribution is 5.95. The Morgan fingerprint density at radius 2 is 2.19 bits per heavy atom. The van der Waals surface area contributed by atoms with Gasteiger partial charge in [0.1, 0.15) is 0 Å². The summed E-state index contributed by atoms with van der Waals surface area (Å²) in [6, 6.07) is 0. The Balaban J connectivity index is 2.42. The predicted molar refractivity (Wildman–Crippen MR) is 59.8 cm³/mol. The number of allylic oxidation sites excluding steroid dienone is 3. The number of ether oxygens (including phenoxy) is 1. The van der Waals surface area contributed by atoms with E-state index in [0.29, 0.717) is 19.3 Å². The molecule has 0 heterocycles. The molecule has 0 saturated heterocycles. The first-order chi connectivity index (χ1) is 7.69. The summed E-state index contributed by atoms with van der Waals surface area (Å²) >= 11 is 0. The van der Waals surface area contributed by atoms with Crippen molar-refractivity contribution in [2.75, 3.05) is 7.11 Å². The van der Waals surface area contributed by atoms with Gasteiger partial charge in [-0.15, -0.1) is 0 Å². The second-order valence-electron chi connectivity index (χ2n) is 4.42. The summed E-state index contributed by atoms with van der Waals surface area (Å²) in [6.07, 6.45) is 9.17. The van der Waals surface area contributed by atoms with Gasteiger partial charge in [0, 0.05) is 6.42 Å². The van der Waals surface area contributed by atoms with Gasteiger partial charge in [0.05, 0.1) is 12.5 Å². The number of fused-ring (bicyclic) bond motifs is 1. The van der Waals surface area contributed by atoms with Crippen LogP contribution < -0.4 is 0 Å². The molecule has 3 heteroatoms. The fourth-order valence-electron chi connectivity index (χ4n) is 2.60. The van der Waals surface area contributed by atoms with Crippen molar-refractivity contribution < 1.29 is 14.3 Å². The molecule has 0 amide bonds. The van der Waals surface area contributed by atoms with Gasteiger partial charge in [-0.25, -0.2) is 0 Å². The topological polar surface area (TPSA) is 43.4 Å². The molecule has 16 heavy (non-hydrogen) atoms. The van der Waals surface area contributed by atoms with Crippen LogP contribution in [0.25, 0.3) is 0 Å². The minimum absolute atomic E-state index is 0.136. The lowest BCUT2D eigenvalue weighted by Gasteiger charge is -2.34. The van der Waals surface area contributed by atoms with E-state index in [2.05, 4.69) is 6.08 Å². The summed E-state index contributed by atoms with van der Waals surface area (Å²) in [5.41, 5.74) is 0.399. The molecule has 0 bridgehead atoms. The van der Waals surface area contributed by atoms with Crippen LogP contribution in [0, 0.1) is 5.41 Å². The van der Waals surface area contributed by atoms with E-state index in [0.717, 1.165) is 18.4 Å². The Kier molecular flexibility index (Phi) is 2.95. The zero-order valence-corrected chi connectivity index (χ0v) is 9.49. The van der Waals surface area contributed by atoms with Gasteiger partial charge in [0.15, 0.2) is 5.78 Å². The number of carbonyl (C=O) groups is 2. The van der Waals surface area contributed by atoms with Crippen molar-refractivity contribution in [3.8, 4) is 0 Å². The van der Waals surface area contributed by atoms with Crippen LogP contribution >= 0.6 is 0 Å². The van der Waals surface area contributed by atoms with E-state index in [1.165, 1.54) is 7.11 Å². The van der Waals surface area contributed by atoms with Crippen molar-refractivity contribution in [2.24, 2.45) is 5.41 Å². The first-order valence-electron chi connectivity index (χ1n) is 5.66. The van der Waals surface area contributed by atoms with Gasteiger partial charge >= 0.3 is 5.97 Å². The molecule has 0 radical (unpaired) electrons. The maximum absolute atomic E-state index is 12.0. The average molecular weight is 220 g/mol. The lowest BCUT2D eigenvalue weighted by atomic mass is 9.69. The van der Waals surface area contributed by atoms with E-state index >= 15 is 0 Å². The Hall–Kier alpha value is -1.38. The summed E-state index contributed by atoms with van der Waals surface area (Å²) < 4.78 is 4.92. The van der Waals surface area contributed by atoms with Crippen molar-refractivity contribution >= 4 is 11.8 Å². The van der Waals surface area contributed by atoms with Gasteiger partial charge in [-0.2, -0.15) is 0 Å². The molecule has 0 N–H and O–H groups in total. The highest BCUT2D eigenvalue weighted by Gasteiger charge is 2.44. The van der Waals surface area contributed by atoms with Gasteiger partial charge < -0.3 is 4.74 Å². The first-order valence-corrected chi connectivity index (χ1v) is 5.66. The van der Waals surface area contributed by atoms with Crippen LogP contribution in [0.1, 0.15) is 32.1 Å². The van der Waals surface area contributed by atoms with Gasteiger partial charge in [0.2, 0.25) is 0 Å². The Morgan fingerprint density at radius 1 is 1.38 bits per heavy atom. The van der Waals surface area contributed by atoms with Crippen LogP contribution in [0.3, 0.4) is 0 Å². The van der Waals surface area contributed by atoms with Crippen LogP contribution in [-0.2, 0) is 14.3 Å². The van der Waals surface area contributed by atoms with Crippen LogP contribution in [0.2, 0.25) is 0 Å². The number of esters is 1. The van der Waals surface area contributed by atoms with Gasteiger partial charge in [-0.1, -0.05) is 12.2 Å². The summed E-state index contributed by atoms with van der Waals surface area (Å²) in [6.45, 7) is 0. The van der Waals surface area contributed by atoms with Crippen molar-refractivity contribution in [2.45, 2.75) is 32.1 Å². The molecule has 1 atom stereocenters. The third kappa shape index (κ3) is 1.70. The standard InChI is InChI=1S/C13H16O3/c1-16-12(15)13-7-4-2-3-5-10(13)9-11(14)6-8-13/h2,4,9H,3,5-8H2,1H3/t13-/m0/s1. The number of carbonyl (C=O) groups excluding carboxylic acids is 2. The second-order valence-corrected chi connectivity index (χ2v) is 4.42. The minimum atomic E-state index is -0.560. The van der Waals surface area contributed by atoms with Crippen molar-refractivity contribution in [1.82, 2.24) is 0 Å². The largest absolute Gasteiger partial charge is 0.468 e. The fraction of sp³-hybridized carbons (Fsp3) is 0.538. The van der Waals surface area contributed by atoms with Crippen LogP contribution in [0.4, 0.5) is 0 Å². The monoisotopic (exact) mass is 220 g/mol. The van der Waals surface area contributed by atoms with E-state index in [-0.39, 0.29) is 11.8 Å². The lowest BCUT2D eigenvalue weighted by Crippen LogP contribution is -2.37. The summed E-state index contributed by atoms with van der Waals surface area (Å²) in [4.78, 5) is 23.4. The molecule has 3 nitrogen and oxygen atoms in total. The molecule has 0 aliphatic heterocycles. The molecule has 2 aliphatic carbocycles. The number of hydrogen-bond donors (Lipinski definition) is 0. The Morgan fingerprint density at radius 3 is 2.94 bits per heavy atom. The van der Waals surface area contributed by atoms with Crippen molar-refractivity contribution in [3.63, 3.8) is 0 Å². The maximum Gasteiger partial charge on any atom is 0.316 e. The third-order valence-electron chi connectivity index (χ3n) is 3.54. The number of hydrogen-bond acceptors (Lipinski definition) is 3.